The van der Waals surface area contributed by atoms with Gasteiger partial charge in [0.1, 0.15) is 12.0 Å². The Balaban J connectivity index is 2.94. The van der Waals surface area contributed by atoms with E-state index >= 15 is 0 Å². The molecule has 0 unspecified atom stereocenters. The summed E-state index contributed by atoms with van der Waals surface area (Å²) in [6, 6.07) is 0. The van der Waals surface area contributed by atoms with Gasteiger partial charge in [-0.15, -0.1) is 0 Å². The molecule has 74 valence electrons. The average Bonchev–Trinajstić information content (AvgIpc) is 2.44. The van der Waals surface area contributed by atoms with Crippen molar-refractivity contribution < 1.29 is 4.74 Å². The van der Waals surface area contributed by atoms with Crippen LogP contribution in [0.3, 0.4) is 0 Å². The van der Waals surface area contributed by atoms with Crippen molar-refractivity contribution in [2.45, 2.75) is 13.8 Å². The van der Waals surface area contributed by atoms with Gasteiger partial charge in [-0.1, -0.05) is 0 Å². The van der Waals surface area contributed by atoms with Crippen molar-refractivity contribution in [1.29, 1.82) is 0 Å². The van der Waals surface area contributed by atoms with Gasteiger partial charge in [-0.2, -0.15) is 0 Å². The molecule has 2 aromatic rings. The lowest BCUT2D eigenvalue weighted by Gasteiger charge is -2.00. The van der Waals surface area contributed by atoms with E-state index in [0.717, 1.165) is 11.0 Å². The van der Waals surface area contributed by atoms with Crippen molar-refractivity contribution in [3.63, 3.8) is 0 Å². The number of fused-ring (bicyclic) bond motifs is 1. The fourth-order valence-electron chi connectivity index (χ4n) is 1.69. The van der Waals surface area contributed by atoms with E-state index in [1.54, 1.807) is 7.11 Å². The molecule has 2 aromatic heterocycles. The van der Waals surface area contributed by atoms with E-state index < -0.39 is 0 Å². The zero-order chi connectivity index (χ0) is 10.3. The van der Waals surface area contributed by atoms with Crippen LogP contribution in [0.5, 0.6) is 5.88 Å². The van der Waals surface area contributed by atoms with Gasteiger partial charge in [0.25, 0.3) is 0 Å². The van der Waals surface area contributed by atoms with Crippen molar-refractivity contribution in [2.24, 2.45) is 7.05 Å². The van der Waals surface area contributed by atoms with Gasteiger partial charge < -0.3 is 9.30 Å². The molecule has 0 bridgehead atoms. The van der Waals surface area contributed by atoms with Crippen molar-refractivity contribution in [3.05, 3.63) is 17.6 Å². The molecular formula is C10H13N3O. The zero-order valence-electron chi connectivity index (χ0n) is 8.83. The maximum Gasteiger partial charge on any atom is 0.226 e. The predicted molar refractivity (Wildman–Crippen MR) is 54.5 cm³/mol. The molecule has 4 nitrogen and oxygen atoms in total. The number of aryl methyl sites for hydroxylation is 2. The van der Waals surface area contributed by atoms with Crippen LogP contribution >= 0.6 is 0 Å². The van der Waals surface area contributed by atoms with Crippen LogP contribution in [0.4, 0.5) is 0 Å². The Labute approximate surface area is 82.5 Å². The lowest BCUT2D eigenvalue weighted by Crippen LogP contribution is -1.94. The van der Waals surface area contributed by atoms with E-state index in [-0.39, 0.29) is 0 Å². The minimum absolute atomic E-state index is 0.649. The van der Waals surface area contributed by atoms with Gasteiger partial charge in [0.05, 0.1) is 12.5 Å². The highest BCUT2D eigenvalue weighted by Crippen LogP contribution is 2.28. The molecule has 14 heavy (non-hydrogen) atoms. The summed E-state index contributed by atoms with van der Waals surface area (Å²) < 4.78 is 7.26. The fraction of sp³-hybridized carbons (Fsp3) is 0.400. The van der Waals surface area contributed by atoms with Crippen LogP contribution in [-0.4, -0.2) is 21.6 Å². The Morgan fingerprint density at radius 1 is 1.29 bits per heavy atom. The molecule has 4 heteroatoms. The van der Waals surface area contributed by atoms with Crippen molar-refractivity contribution >= 4 is 11.0 Å². The van der Waals surface area contributed by atoms with Gasteiger partial charge in [-0.25, -0.2) is 9.97 Å². The summed E-state index contributed by atoms with van der Waals surface area (Å²) in [5.74, 6) is 0.649. The van der Waals surface area contributed by atoms with E-state index in [0.29, 0.717) is 5.88 Å². The smallest absolute Gasteiger partial charge is 0.226 e. The highest BCUT2D eigenvalue weighted by atomic mass is 16.5. The van der Waals surface area contributed by atoms with E-state index in [2.05, 4.69) is 28.4 Å². The third-order valence-electron chi connectivity index (χ3n) is 2.72. The quantitative estimate of drug-likeness (QED) is 0.687. The Hall–Kier alpha value is -1.58. The maximum absolute atomic E-state index is 5.21. The van der Waals surface area contributed by atoms with Gasteiger partial charge in [-0.05, 0) is 19.4 Å². The molecule has 2 heterocycles. The summed E-state index contributed by atoms with van der Waals surface area (Å²) in [6.07, 6.45) is 1.53. The van der Waals surface area contributed by atoms with Crippen LogP contribution in [0.2, 0.25) is 0 Å². The van der Waals surface area contributed by atoms with Crippen molar-refractivity contribution in [1.82, 2.24) is 14.5 Å². The molecule has 0 saturated carbocycles. The van der Waals surface area contributed by atoms with E-state index in [1.807, 2.05) is 7.05 Å². The molecule has 0 atom stereocenters. The molecule has 0 aliphatic carbocycles. The molecule has 0 aliphatic rings. The number of hydrogen-bond donors (Lipinski definition) is 0. The fourth-order valence-corrected chi connectivity index (χ4v) is 1.69. The second-order valence-corrected chi connectivity index (χ2v) is 3.35. The highest BCUT2D eigenvalue weighted by Gasteiger charge is 2.14. The van der Waals surface area contributed by atoms with Crippen molar-refractivity contribution in [3.8, 4) is 5.88 Å². The van der Waals surface area contributed by atoms with Crippen LogP contribution in [0.15, 0.2) is 6.33 Å². The summed E-state index contributed by atoms with van der Waals surface area (Å²) in [4.78, 5) is 8.34. The predicted octanol–water partition coefficient (Wildman–Crippen LogP) is 1.59. The topological polar surface area (TPSA) is 39.9 Å². The number of aromatic nitrogens is 3. The van der Waals surface area contributed by atoms with Crippen LogP contribution in [0.25, 0.3) is 11.0 Å². The number of ether oxygens (including phenoxy) is 1. The second kappa shape index (κ2) is 2.97. The molecular weight excluding hydrogens is 178 g/mol. The molecule has 0 spiro atoms. The molecule has 0 saturated heterocycles. The van der Waals surface area contributed by atoms with Gasteiger partial charge >= 0.3 is 0 Å². The van der Waals surface area contributed by atoms with Gasteiger partial charge in [0.15, 0.2) is 0 Å². The van der Waals surface area contributed by atoms with Crippen LogP contribution < -0.4 is 4.74 Å². The summed E-state index contributed by atoms with van der Waals surface area (Å²) in [5, 5.41) is 1.01. The molecule has 0 aromatic carbocycles. The van der Waals surface area contributed by atoms with Crippen molar-refractivity contribution in [2.75, 3.05) is 7.11 Å². The second-order valence-electron chi connectivity index (χ2n) is 3.35. The maximum atomic E-state index is 5.21. The highest BCUT2D eigenvalue weighted by molar-refractivity contribution is 5.86. The average molecular weight is 191 g/mol. The van der Waals surface area contributed by atoms with E-state index in [9.17, 15) is 0 Å². The molecule has 0 N–H and O–H groups in total. The lowest BCUT2D eigenvalue weighted by molar-refractivity contribution is 0.402. The molecule has 0 amide bonds. The summed E-state index contributed by atoms with van der Waals surface area (Å²) in [6.45, 7) is 4.12. The Morgan fingerprint density at radius 3 is 2.64 bits per heavy atom. The number of rotatable bonds is 1. The van der Waals surface area contributed by atoms with Gasteiger partial charge in [0.2, 0.25) is 5.88 Å². The van der Waals surface area contributed by atoms with Gasteiger partial charge in [-0.3, -0.25) is 0 Å². The third-order valence-corrected chi connectivity index (χ3v) is 2.72. The van der Waals surface area contributed by atoms with Crippen LogP contribution in [0, 0.1) is 13.8 Å². The monoisotopic (exact) mass is 191 g/mol. The number of nitrogens with zero attached hydrogens (tertiary/aromatic N) is 3. The largest absolute Gasteiger partial charge is 0.480 e. The molecule has 0 aliphatic heterocycles. The number of hydrogen-bond acceptors (Lipinski definition) is 3. The molecule has 2 rings (SSSR count). The summed E-state index contributed by atoms with van der Waals surface area (Å²) >= 11 is 0. The molecule has 0 fully saturated rings. The zero-order valence-corrected chi connectivity index (χ0v) is 8.83. The first-order valence-corrected chi connectivity index (χ1v) is 4.47. The molecule has 0 radical (unpaired) electrons. The normalized spacial score (nSPS) is 10.9. The Bertz CT molecular complexity index is 488. The SMILES string of the molecule is COc1ncnc2c1c(C)c(C)n2C. The third kappa shape index (κ3) is 0.999. The minimum Gasteiger partial charge on any atom is -0.480 e. The first-order valence-electron chi connectivity index (χ1n) is 4.47. The van der Waals surface area contributed by atoms with Crippen LogP contribution in [-0.2, 0) is 7.05 Å². The number of methoxy groups -OCH3 is 1. The van der Waals surface area contributed by atoms with E-state index in [1.165, 1.54) is 17.6 Å². The van der Waals surface area contributed by atoms with Crippen LogP contribution in [0.1, 0.15) is 11.3 Å². The minimum atomic E-state index is 0.649. The first-order chi connectivity index (χ1) is 6.66. The Morgan fingerprint density at radius 2 is 2.00 bits per heavy atom. The Kier molecular flexibility index (Phi) is 1.91. The van der Waals surface area contributed by atoms with Gasteiger partial charge in [0, 0.05) is 12.7 Å². The summed E-state index contributed by atoms with van der Waals surface area (Å²) in [7, 11) is 3.63. The first kappa shape index (κ1) is 8.99. The summed E-state index contributed by atoms with van der Waals surface area (Å²) in [5.41, 5.74) is 3.30. The van der Waals surface area contributed by atoms with E-state index in [4.69, 9.17) is 4.74 Å². The lowest BCUT2D eigenvalue weighted by atomic mass is 10.2. The standard InChI is InChI=1S/C10H13N3O/c1-6-7(2)13(3)9-8(6)10(14-4)12-5-11-9/h5H,1-4H3.